The lowest BCUT2D eigenvalue weighted by Crippen LogP contribution is -2.11. The van der Waals surface area contributed by atoms with Crippen molar-refractivity contribution in [2.75, 3.05) is 0 Å². The lowest BCUT2D eigenvalue weighted by Gasteiger charge is -2.27. The summed E-state index contributed by atoms with van der Waals surface area (Å²) in [5, 5.41) is 0. The molecule has 0 amide bonds. The average molecular weight is 353 g/mol. The summed E-state index contributed by atoms with van der Waals surface area (Å²) in [5.41, 5.74) is 7.47. The Bertz CT molecular complexity index is 607. The first kappa shape index (κ1) is 24.2. The fourth-order valence-corrected chi connectivity index (χ4v) is 3.12. The number of hydrogen-bond donors (Lipinski definition) is 0. The minimum Gasteiger partial charge on any atom is -0.103 e. The lowest BCUT2D eigenvalue weighted by atomic mass is 9.78. The topological polar surface area (TPSA) is 0 Å². The molecule has 0 saturated heterocycles. The molecule has 1 aliphatic rings. The summed E-state index contributed by atoms with van der Waals surface area (Å²) in [5.74, 6) is 0.606. The Balaban J connectivity index is 0.000000679. The first-order valence-corrected chi connectivity index (χ1v) is 10.3. The van der Waals surface area contributed by atoms with Crippen molar-refractivity contribution >= 4 is 0 Å². The third kappa shape index (κ3) is 7.60. The molecule has 1 aliphatic carbocycles. The number of fused-ring (bicyclic) bond motifs is 1. The van der Waals surface area contributed by atoms with E-state index in [1.807, 2.05) is 20.8 Å². The Morgan fingerprint density at radius 1 is 1.00 bits per heavy atom. The van der Waals surface area contributed by atoms with Crippen LogP contribution >= 0.6 is 0 Å². The number of rotatable bonds is 1. The molecule has 0 fully saturated rings. The molecule has 144 valence electrons. The normalized spacial score (nSPS) is 14.2. The summed E-state index contributed by atoms with van der Waals surface area (Å²) < 4.78 is 0. The molecule has 2 aromatic carbocycles. The smallest absolute Gasteiger partial charge is 0.00922 e. The van der Waals surface area contributed by atoms with Gasteiger partial charge in [-0.2, -0.15) is 0 Å². The van der Waals surface area contributed by atoms with Crippen LogP contribution in [0.3, 0.4) is 0 Å². The second kappa shape index (κ2) is 14.4. The van der Waals surface area contributed by atoms with Crippen LogP contribution in [-0.4, -0.2) is 0 Å². The van der Waals surface area contributed by atoms with Crippen molar-refractivity contribution in [3.05, 3.63) is 82.9 Å². The molecule has 1 unspecified atom stereocenters. The van der Waals surface area contributed by atoms with Gasteiger partial charge >= 0.3 is 0 Å². The number of allylic oxidation sites excluding steroid dienone is 1. The number of benzene rings is 2. The van der Waals surface area contributed by atoms with Crippen LogP contribution in [0.1, 0.15) is 87.6 Å². The van der Waals surface area contributed by atoms with Crippen LogP contribution in [0, 0.1) is 13.8 Å². The molecule has 0 aromatic heterocycles. The third-order valence-corrected chi connectivity index (χ3v) is 4.27. The van der Waals surface area contributed by atoms with Gasteiger partial charge in [0, 0.05) is 5.92 Å². The van der Waals surface area contributed by atoms with Gasteiger partial charge in [-0.15, -0.1) is 6.58 Å². The second-order valence-corrected chi connectivity index (χ2v) is 6.61. The Morgan fingerprint density at radius 3 is 2.04 bits per heavy atom. The van der Waals surface area contributed by atoms with Crippen LogP contribution in [0.5, 0.6) is 0 Å². The van der Waals surface area contributed by atoms with Crippen molar-refractivity contribution < 1.29 is 0 Å². The van der Waals surface area contributed by atoms with Gasteiger partial charge in [-0.3, -0.25) is 0 Å². The number of hydrogen-bond acceptors (Lipinski definition) is 0. The first-order chi connectivity index (χ1) is 12.6. The van der Waals surface area contributed by atoms with Crippen LogP contribution in [-0.2, 0) is 6.42 Å². The minimum absolute atomic E-state index is 0.606. The molecule has 0 radical (unpaired) electrons. The van der Waals surface area contributed by atoms with Gasteiger partial charge in [0.25, 0.3) is 0 Å². The van der Waals surface area contributed by atoms with Crippen LogP contribution < -0.4 is 0 Å². The summed E-state index contributed by atoms with van der Waals surface area (Å²) in [4.78, 5) is 0. The minimum atomic E-state index is 0.606. The van der Waals surface area contributed by atoms with E-state index in [0.717, 1.165) is 0 Å². The highest BCUT2D eigenvalue weighted by Crippen LogP contribution is 2.37. The van der Waals surface area contributed by atoms with Crippen LogP contribution in [0.4, 0.5) is 0 Å². The van der Waals surface area contributed by atoms with E-state index in [4.69, 9.17) is 0 Å². The van der Waals surface area contributed by atoms with Crippen LogP contribution in [0.2, 0.25) is 0 Å². The third-order valence-electron chi connectivity index (χ3n) is 4.27. The molecule has 0 bridgehead atoms. The molecule has 0 heteroatoms. The van der Waals surface area contributed by atoms with E-state index in [2.05, 4.69) is 76.7 Å². The van der Waals surface area contributed by atoms with E-state index in [0.29, 0.717) is 5.92 Å². The zero-order chi connectivity index (χ0) is 19.9. The molecular weight excluding hydrogens is 312 g/mol. The average Bonchev–Trinajstić information content (AvgIpc) is 2.66. The van der Waals surface area contributed by atoms with Crippen molar-refractivity contribution in [2.24, 2.45) is 0 Å². The van der Waals surface area contributed by atoms with Gasteiger partial charge in [0.1, 0.15) is 0 Å². The Morgan fingerprint density at radius 2 is 1.50 bits per heavy atom. The molecule has 0 nitrogen and oxygen atoms in total. The molecule has 2 aromatic rings. The van der Waals surface area contributed by atoms with Gasteiger partial charge in [0.05, 0.1) is 0 Å². The second-order valence-electron chi connectivity index (χ2n) is 6.61. The van der Waals surface area contributed by atoms with Crippen LogP contribution in [0.25, 0.3) is 0 Å². The van der Waals surface area contributed by atoms with E-state index in [9.17, 15) is 0 Å². The SMILES string of the molecule is C=CC.CC.CCC.Cc1cc2c(cc1C)C(c1ccccc1)CCC2. The summed E-state index contributed by atoms with van der Waals surface area (Å²) in [7, 11) is 0. The molecule has 26 heavy (non-hydrogen) atoms. The summed E-state index contributed by atoms with van der Waals surface area (Å²) in [6, 6.07) is 15.8. The zero-order valence-electron chi connectivity index (χ0n) is 18.2. The van der Waals surface area contributed by atoms with Gasteiger partial charge in [0.2, 0.25) is 0 Å². The molecule has 0 aliphatic heterocycles. The highest BCUT2D eigenvalue weighted by molar-refractivity contribution is 5.44. The van der Waals surface area contributed by atoms with Crippen molar-refractivity contribution in [3.8, 4) is 0 Å². The van der Waals surface area contributed by atoms with E-state index >= 15 is 0 Å². The maximum Gasteiger partial charge on any atom is 0.00922 e. The maximum absolute atomic E-state index is 3.36. The van der Waals surface area contributed by atoms with Crippen molar-refractivity contribution in [2.45, 2.75) is 80.1 Å². The Labute approximate surface area is 163 Å². The summed E-state index contributed by atoms with van der Waals surface area (Å²) in [6.45, 7) is 18.0. The monoisotopic (exact) mass is 352 g/mol. The standard InChI is InChI=1S/C18H20.C3H8.C3H6.C2H6/c1-13-11-16-9-6-10-17(18(16)12-14(13)2)15-7-4-3-5-8-15;2*1-3-2;1-2/h3-5,7-8,11-12,17H,6,9-10H2,1-2H3;3H2,1-2H3;3H,1H2,2H3;1-2H3. The molecule has 0 spiro atoms. The highest BCUT2D eigenvalue weighted by Gasteiger charge is 2.22. The Kier molecular flexibility index (Phi) is 13.4. The van der Waals surface area contributed by atoms with E-state index < -0.39 is 0 Å². The molecule has 0 saturated carbocycles. The van der Waals surface area contributed by atoms with Crippen LogP contribution in [0.15, 0.2) is 55.1 Å². The van der Waals surface area contributed by atoms with Crippen molar-refractivity contribution in [1.29, 1.82) is 0 Å². The first-order valence-electron chi connectivity index (χ1n) is 10.3. The van der Waals surface area contributed by atoms with Crippen molar-refractivity contribution in [1.82, 2.24) is 0 Å². The molecule has 3 rings (SSSR count). The molecule has 0 heterocycles. The van der Waals surface area contributed by atoms with Crippen molar-refractivity contribution in [3.63, 3.8) is 0 Å². The largest absolute Gasteiger partial charge is 0.103 e. The van der Waals surface area contributed by atoms with Gasteiger partial charge < -0.3 is 0 Å². The van der Waals surface area contributed by atoms with Gasteiger partial charge in [0.15, 0.2) is 0 Å². The zero-order valence-corrected chi connectivity index (χ0v) is 18.2. The van der Waals surface area contributed by atoms with E-state index in [-0.39, 0.29) is 0 Å². The maximum atomic E-state index is 3.36. The fourth-order valence-electron chi connectivity index (χ4n) is 3.12. The lowest BCUT2D eigenvalue weighted by molar-refractivity contribution is 0.615. The number of aryl methyl sites for hydroxylation is 3. The van der Waals surface area contributed by atoms with Gasteiger partial charge in [-0.1, -0.05) is 82.7 Å². The van der Waals surface area contributed by atoms with E-state index in [1.165, 1.54) is 42.4 Å². The summed E-state index contributed by atoms with van der Waals surface area (Å²) in [6.07, 6.45) is 6.86. The molecular formula is C26H40. The fraction of sp³-hybridized carbons (Fsp3) is 0.462. The molecule has 1 atom stereocenters. The van der Waals surface area contributed by atoms with Gasteiger partial charge in [-0.05, 0) is 67.9 Å². The highest BCUT2D eigenvalue weighted by atomic mass is 14.3. The predicted octanol–water partition coefficient (Wildman–Crippen LogP) is 8.41. The predicted molar refractivity (Wildman–Crippen MR) is 120 cm³/mol. The Hall–Kier alpha value is -1.82. The van der Waals surface area contributed by atoms with E-state index in [1.54, 1.807) is 17.2 Å². The summed E-state index contributed by atoms with van der Waals surface area (Å²) >= 11 is 0. The molecule has 0 N–H and O–H groups in total. The van der Waals surface area contributed by atoms with Gasteiger partial charge in [-0.25, -0.2) is 0 Å². The quantitative estimate of drug-likeness (QED) is 0.452.